The van der Waals surface area contributed by atoms with Crippen LogP contribution in [0, 0.1) is 0 Å². The Balaban J connectivity index is 2.01. The summed E-state index contributed by atoms with van der Waals surface area (Å²) in [6, 6.07) is 29.5. The smallest absolute Gasteiger partial charge is 0.176 e. The van der Waals surface area contributed by atoms with Crippen molar-refractivity contribution in [3.8, 4) is 0 Å². The van der Waals surface area contributed by atoms with Crippen molar-refractivity contribution in [3.63, 3.8) is 0 Å². The Morgan fingerprint density at radius 3 is 1.45 bits per heavy atom. The van der Waals surface area contributed by atoms with E-state index in [9.17, 15) is 20.4 Å². The van der Waals surface area contributed by atoms with E-state index in [0.29, 0.717) is 0 Å². The zero-order valence-corrected chi connectivity index (χ0v) is 17.7. The Hall–Kier alpha value is -2.31. The van der Waals surface area contributed by atoms with Crippen LogP contribution >= 0.6 is 7.05 Å². The zero-order valence-electron chi connectivity index (χ0n) is 16.8. The standard InChI is InChI=1S/C24H26NO5P/c26-16-20-21(27)22(28)23(29)24(30-20)25-31(17-10-4-1-5-11-17,18-12-6-2-7-13-18)19-14-8-3-9-15-19/h1-15,20-24,26-29H,16H2/t20-,21-,22+,23-,24-/m0/s1. The Labute approximate surface area is 181 Å². The van der Waals surface area contributed by atoms with Gasteiger partial charge in [0.2, 0.25) is 0 Å². The van der Waals surface area contributed by atoms with Gasteiger partial charge in [0, 0.05) is 15.9 Å². The lowest BCUT2D eigenvalue weighted by molar-refractivity contribution is -0.226. The third kappa shape index (κ3) is 4.11. The van der Waals surface area contributed by atoms with E-state index >= 15 is 0 Å². The maximum absolute atomic E-state index is 10.7. The average Bonchev–Trinajstić information content (AvgIpc) is 2.84. The van der Waals surface area contributed by atoms with Crippen LogP contribution in [0.25, 0.3) is 0 Å². The summed E-state index contributed by atoms with van der Waals surface area (Å²) in [6.45, 7) is -0.496. The van der Waals surface area contributed by atoms with E-state index in [2.05, 4.69) is 0 Å². The fraction of sp³-hybridized carbons (Fsp3) is 0.250. The van der Waals surface area contributed by atoms with Crippen LogP contribution in [0.15, 0.2) is 95.7 Å². The van der Waals surface area contributed by atoms with Gasteiger partial charge in [0.25, 0.3) is 0 Å². The topological polar surface area (TPSA) is 103 Å². The minimum atomic E-state index is -2.68. The lowest BCUT2D eigenvalue weighted by Crippen LogP contribution is -2.58. The molecule has 0 amide bonds. The zero-order chi connectivity index (χ0) is 21.8. The highest BCUT2D eigenvalue weighted by Crippen LogP contribution is 2.48. The maximum Gasteiger partial charge on any atom is 0.176 e. The summed E-state index contributed by atoms with van der Waals surface area (Å²) < 4.78 is 10.9. The first-order chi connectivity index (χ1) is 15.1. The van der Waals surface area contributed by atoms with Gasteiger partial charge in [-0.3, -0.25) is 4.74 Å². The molecule has 0 bridgehead atoms. The normalized spacial score (nSPS) is 26.4. The fourth-order valence-electron chi connectivity index (χ4n) is 3.93. The Morgan fingerprint density at radius 1 is 0.645 bits per heavy atom. The van der Waals surface area contributed by atoms with E-state index in [-0.39, 0.29) is 0 Å². The first-order valence-corrected chi connectivity index (χ1v) is 11.9. The summed E-state index contributed by atoms with van der Waals surface area (Å²) in [7, 11) is -2.68. The van der Waals surface area contributed by atoms with Crippen molar-refractivity contribution in [2.24, 2.45) is 4.74 Å². The minimum Gasteiger partial charge on any atom is -0.394 e. The second-order valence-electron chi connectivity index (χ2n) is 7.48. The van der Waals surface area contributed by atoms with Gasteiger partial charge in [-0.25, -0.2) is 0 Å². The van der Waals surface area contributed by atoms with Crippen molar-refractivity contribution >= 4 is 23.0 Å². The number of hydrogen-bond donors (Lipinski definition) is 4. The van der Waals surface area contributed by atoms with Crippen molar-refractivity contribution in [2.45, 2.75) is 30.6 Å². The van der Waals surface area contributed by atoms with Crippen molar-refractivity contribution in [1.29, 1.82) is 0 Å². The molecule has 3 aromatic carbocycles. The number of nitrogens with zero attached hydrogens (tertiary/aromatic N) is 1. The molecule has 1 heterocycles. The van der Waals surface area contributed by atoms with Crippen LogP contribution < -0.4 is 15.9 Å². The van der Waals surface area contributed by atoms with Crippen LogP contribution in [0.3, 0.4) is 0 Å². The SMILES string of the molecule is OC[C@@H]1O[C@H](N=P(c2ccccc2)(c2ccccc2)c2ccccc2)[C@@H](O)[C@H](O)[C@H]1O. The highest BCUT2D eigenvalue weighted by atomic mass is 31.2. The molecule has 31 heavy (non-hydrogen) atoms. The quantitative estimate of drug-likeness (QED) is 0.444. The van der Waals surface area contributed by atoms with E-state index in [1.165, 1.54) is 0 Å². The molecule has 6 nitrogen and oxygen atoms in total. The third-order valence-corrected chi connectivity index (χ3v) is 9.25. The van der Waals surface area contributed by atoms with Gasteiger partial charge in [0.15, 0.2) is 6.23 Å². The highest BCUT2D eigenvalue weighted by molar-refractivity contribution is 7.87. The largest absolute Gasteiger partial charge is 0.394 e. The van der Waals surface area contributed by atoms with Crippen molar-refractivity contribution in [2.75, 3.05) is 6.61 Å². The van der Waals surface area contributed by atoms with Gasteiger partial charge < -0.3 is 25.2 Å². The van der Waals surface area contributed by atoms with Crippen LogP contribution in [-0.2, 0) is 4.74 Å². The van der Waals surface area contributed by atoms with Crippen LogP contribution in [0.1, 0.15) is 0 Å². The van der Waals surface area contributed by atoms with Crippen molar-refractivity contribution in [1.82, 2.24) is 0 Å². The Bertz CT molecular complexity index is 926. The summed E-state index contributed by atoms with van der Waals surface area (Å²) in [6.07, 6.45) is -6.50. The average molecular weight is 439 g/mol. The summed E-state index contributed by atoms with van der Waals surface area (Å²) in [5.41, 5.74) is 0. The molecule has 1 aliphatic rings. The summed E-state index contributed by atoms with van der Waals surface area (Å²) >= 11 is 0. The molecule has 4 rings (SSSR count). The molecule has 7 heteroatoms. The van der Waals surface area contributed by atoms with Gasteiger partial charge >= 0.3 is 0 Å². The predicted molar refractivity (Wildman–Crippen MR) is 121 cm³/mol. The number of rotatable bonds is 5. The van der Waals surface area contributed by atoms with Gasteiger partial charge in [0.05, 0.1) is 13.7 Å². The van der Waals surface area contributed by atoms with Crippen LogP contribution in [0.2, 0.25) is 0 Å². The maximum atomic E-state index is 10.7. The van der Waals surface area contributed by atoms with E-state index in [1.54, 1.807) is 0 Å². The number of aliphatic hydroxyl groups excluding tert-OH is 4. The van der Waals surface area contributed by atoms with E-state index in [1.807, 2.05) is 91.0 Å². The second-order valence-corrected chi connectivity index (χ2v) is 10.5. The monoisotopic (exact) mass is 439 g/mol. The molecule has 0 radical (unpaired) electrons. The number of ether oxygens (including phenoxy) is 1. The molecule has 4 N–H and O–H groups in total. The van der Waals surface area contributed by atoms with Crippen LogP contribution in [-0.4, -0.2) is 57.7 Å². The van der Waals surface area contributed by atoms with Crippen LogP contribution in [0.5, 0.6) is 0 Å². The summed E-state index contributed by atoms with van der Waals surface area (Å²) in [5, 5.41) is 43.8. The molecule has 0 unspecified atom stereocenters. The molecule has 3 aromatic rings. The van der Waals surface area contributed by atoms with Gasteiger partial charge in [0.1, 0.15) is 24.4 Å². The number of hydrogen-bond acceptors (Lipinski definition) is 6. The first kappa shape index (κ1) is 21.9. The van der Waals surface area contributed by atoms with E-state index < -0.39 is 44.3 Å². The molecular weight excluding hydrogens is 413 g/mol. The second kappa shape index (κ2) is 9.45. The highest BCUT2D eigenvalue weighted by Gasteiger charge is 2.44. The predicted octanol–water partition coefficient (Wildman–Crippen LogP) is 0.964. The molecule has 0 saturated carbocycles. The molecule has 1 saturated heterocycles. The van der Waals surface area contributed by atoms with Gasteiger partial charge in [-0.2, -0.15) is 0 Å². The lowest BCUT2D eigenvalue weighted by atomic mass is 9.99. The fourth-order valence-corrected chi connectivity index (χ4v) is 7.56. The van der Waals surface area contributed by atoms with Crippen LogP contribution in [0.4, 0.5) is 0 Å². The molecule has 0 spiro atoms. The minimum absolute atomic E-state index is 0.496. The number of aliphatic hydroxyl groups is 4. The Kier molecular flexibility index (Phi) is 6.68. The number of benzene rings is 3. The van der Waals surface area contributed by atoms with E-state index in [0.717, 1.165) is 15.9 Å². The summed E-state index contributed by atoms with van der Waals surface area (Å²) in [4.78, 5) is 0. The molecule has 0 aromatic heterocycles. The van der Waals surface area contributed by atoms with Gasteiger partial charge in [-0.1, -0.05) is 91.0 Å². The Morgan fingerprint density at radius 2 is 1.06 bits per heavy atom. The molecule has 5 atom stereocenters. The molecule has 1 fully saturated rings. The molecule has 0 aliphatic carbocycles. The molecule has 1 aliphatic heterocycles. The van der Waals surface area contributed by atoms with E-state index in [4.69, 9.17) is 9.48 Å². The first-order valence-electron chi connectivity index (χ1n) is 10.2. The van der Waals surface area contributed by atoms with Gasteiger partial charge in [-0.05, 0) is 0 Å². The van der Waals surface area contributed by atoms with Crippen molar-refractivity contribution < 1.29 is 25.2 Å². The third-order valence-electron chi connectivity index (χ3n) is 5.54. The van der Waals surface area contributed by atoms with Gasteiger partial charge in [-0.15, -0.1) is 0 Å². The molecular formula is C24H26NO5P. The molecule has 162 valence electrons. The van der Waals surface area contributed by atoms with Crippen molar-refractivity contribution in [3.05, 3.63) is 91.0 Å². The lowest BCUT2D eigenvalue weighted by Gasteiger charge is -2.40. The summed E-state index contributed by atoms with van der Waals surface area (Å²) in [5.74, 6) is 0.